The lowest BCUT2D eigenvalue weighted by Crippen LogP contribution is -2.07. The van der Waals surface area contributed by atoms with Gasteiger partial charge in [0.2, 0.25) is 0 Å². The highest BCUT2D eigenvalue weighted by molar-refractivity contribution is 7.98. The molecule has 0 bridgehead atoms. The Hall–Kier alpha value is -2.32. The Balaban J connectivity index is 1.81. The molecule has 24 heavy (non-hydrogen) atoms. The van der Waals surface area contributed by atoms with Crippen LogP contribution in [-0.2, 0) is 4.74 Å². The number of nitrogens with zero attached hydrogens (tertiary/aromatic N) is 4. The van der Waals surface area contributed by atoms with Gasteiger partial charge in [0.15, 0.2) is 22.1 Å². The molecule has 1 aliphatic heterocycles. The third kappa shape index (κ3) is 2.67. The van der Waals surface area contributed by atoms with E-state index in [9.17, 15) is 5.11 Å². The molecule has 1 saturated heterocycles. The van der Waals surface area contributed by atoms with Crippen molar-refractivity contribution in [2.75, 3.05) is 18.2 Å². The van der Waals surface area contributed by atoms with Crippen LogP contribution in [0.4, 0.5) is 11.5 Å². The number of fused-ring (bicyclic) bond motifs is 1. The SMILES string of the molecule is CSc1nc(Nc2ccccc2O)c2ncn(C3CCCO3)c2n1. The van der Waals surface area contributed by atoms with E-state index in [1.54, 1.807) is 24.5 Å². The van der Waals surface area contributed by atoms with Crippen LogP contribution >= 0.6 is 11.8 Å². The number of aromatic hydroxyl groups is 1. The van der Waals surface area contributed by atoms with Crippen molar-refractivity contribution in [3.05, 3.63) is 30.6 Å². The van der Waals surface area contributed by atoms with Crippen LogP contribution < -0.4 is 5.32 Å². The van der Waals surface area contributed by atoms with Crippen molar-refractivity contribution in [1.82, 2.24) is 19.5 Å². The number of hydrogen-bond acceptors (Lipinski definition) is 7. The van der Waals surface area contributed by atoms with Gasteiger partial charge in [-0.3, -0.25) is 4.57 Å². The van der Waals surface area contributed by atoms with Crippen molar-refractivity contribution in [2.24, 2.45) is 0 Å². The highest BCUT2D eigenvalue weighted by atomic mass is 32.2. The number of ether oxygens (including phenoxy) is 1. The van der Waals surface area contributed by atoms with E-state index in [1.807, 2.05) is 16.9 Å². The molecule has 7 nitrogen and oxygen atoms in total. The van der Waals surface area contributed by atoms with Crippen LogP contribution in [0, 0.1) is 0 Å². The maximum Gasteiger partial charge on any atom is 0.191 e. The first-order valence-corrected chi connectivity index (χ1v) is 8.94. The number of imidazole rings is 1. The Morgan fingerprint density at radius 1 is 1.33 bits per heavy atom. The highest BCUT2D eigenvalue weighted by Crippen LogP contribution is 2.32. The molecule has 1 aliphatic rings. The number of rotatable bonds is 4. The summed E-state index contributed by atoms with van der Waals surface area (Å²) in [5.41, 5.74) is 1.97. The number of hydrogen-bond donors (Lipinski definition) is 2. The monoisotopic (exact) mass is 343 g/mol. The van der Waals surface area contributed by atoms with Gasteiger partial charge in [-0.25, -0.2) is 15.0 Å². The van der Waals surface area contributed by atoms with Crippen molar-refractivity contribution in [1.29, 1.82) is 0 Å². The van der Waals surface area contributed by atoms with Crippen LogP contribution in [0.3, 0.4) is 0 Å². The lowest BCUT2D eigenvalue weighted by molar-refractivity contribution is 0.0592. The first-order valence-electron chi connectivity index (χ1n) is 7.71. The van der Waals surface area contributed by atoms with E-state index in [0.717, 1.165) is 25.1 Å². The molecule has 3 heterocycles. The van der Waals surface area contributed by atoms with Crippen molar-refractivity contribution in [3.63, 3.8) is 0 Å². The minimum atomic E-state index is -0.0300. The van der Waals surface area contributed by atoms with Crippen LogP contribution in [0.5, 0.6) is 5.75 Å². The zero-order valence-electron chi connectivity index (χ0n) is 13.1. The summed E-state index contributed by atoms with van der Waals surface area (Å²) in [6, 6.07) is 7.04. The summed E-state index contributed by atoms with van der Waals surface area (Å²) in [6.45, 7) is 0.758. The van der Waals surface area contributed by atoms with Gasteiger partial charge in [0, 0.05) is 6.61 Å². The summed E-state index contributed by atoms with van der Waals surface area (Å²) in [6.07, 6.45) is 5.63. The number of benzene rings is 1. The standard InChI is InChI=1S/C16H17N5O2S/c1-24-16-19-14(18-10-5-2-3-6-11(10)22)13-15(20-16)21(9-17-13)12-7-4-8-23-12/h2-3,5-6,9,12,22H,4,7-8H2,1H3,(H,18,19,20). The van der Waals surface area contributed by atoms with E-state index in [0.29, 0.717) is 22.2 Å². The molecule has 0 aliphatic carbocycles. The minimum absolute atomic E-state index is 0.0300. The molecule has 1 unspecified atom stereocenters. The Morgan fingerprint density at radius 2 is 2.21 bits per heavy atom. The molecule has 0 amide bonds. The van der Waals surface area contributed by atoms with Crippen LogP contribution in [-0.4, -0.2) is 37.5 Å². The molecule has 0 saturated carbocycles. The molecule has 1 aromatic carbocycles. The third-order valence-electron chi connectivity index (χ3n) is 3.96. The normalized spacial score (nSPS) is 17.5. The second-order valence-corrected chi connectivity index (χ2v) is 6.27. The van der Waals surface area contributed by atoms with Gasteiger partial charge < -0.3 is 15.2 Å². The van der Waals surface area contributed by atoms with Crippen LogP contribution in [0.15, 0.2) is 35.7 Å². The number of anilines is 2. The maximum absolute atomic E-state index is 9.99. The summed E-state index contributed by atoms with van der Waals surface area (Å²) in [5.74, 6) is 0.733. The van der Waals surface area contributed by atoms with Gasteiger partial charge in [0.05, 0.1) is 12.0 Å². The molecule has 1 fully saturated rings. The summed E-state index contributed by atoms with van der Waals surface area (Å²) < 4.78 is 7.71. The first kappa shape index (κ1) is 15.2. The van der Waals surface area contributed by atoms with Gasteiger partial charge in [-0.1, -0.05) is 23.9 Å². The van der Waals surface area contributed by atoms with Crippen molar-refractivity contribution >= 4 is 34.4 Å². The fraction of sp³-hybridized carbons (Fsp3) is 0.312. The number of thioether (sulfide) groups is 1. The average molecular weight is 343 g/mol. The second kappa shape index (κ2) is 6.29. The van der Waals surface area contributed by atoms with Crippen molar-refractivity contribution in [3.8, 4) is 5.75 Å². The molecule has 0 radical (unpaired) electrons. The van der Waals surface area contributed by atoms with E-state index < -0.39 is 0 Å². The molecule has 8 heteroatoms. The molecule has 3 aromatic rings. The lowest BCUT2D eigenvalue weighted by Gasteiger charge is -2.13. The zero-order chi connectivity index (χ0) is 16.5. The second-order valence-electron chi connectivity index (χ2n) is 5.49. The van der Waals surface area contributed by atoms with E-state index in [4.69, 9.17) is 4.74 Å². The Morgan fingerprint density at radius 3 is 2.96 bits per heavy atom. The molecule has 4 rings (SSSR count). The number of aromatic nitrogens is 4. The van der Waals surface area contributed by atoms with E-state index >= 15 is 0 Å². The van der Waals surface area contributed by atoms with Crippen LogP contribution in [0.1, 0.15) is 19.1 Å². The van der Waals surface area contributed by atoms with E-state index in [-0.39, 0.29) is 12.0 Å². The smallest absolute Gasteiger partial charge is 0.191 e. The van der Waals surface area contributed by atoms with Gasteiger partial charge in [0.1, 0.15) is 12.0 Å². The Labute approximate surface area is 143 Å². The average Bonchev–Trinajstić information content (AvgIpc) is 3.25. The van der Waals surface area contributed by atoms with E-state index in [1.165, 1.54) is 11.8 Å². The summed E-state index contributed by atoms with van der Waals surface area (Å²) in [4.78, 5) is 13.6. The van der Waals surface area contributed by atoms with Gasteiger partial charge in [-0.15, -0.1) is 0 Å². The minimum Gasteiger partial charge on any atom is -0.506 e. The Bertz CT molecular complexity index is 876. The lowest BCUT2D eigenvalue weighted by atomic mass is 10.3. The number of para-hydroxylation sites is 2. The van der Waals surface area contributed by atoms with Gasteiger partial charge >= 0.3 is 0 Å². The molecular weight excluding hydrogens is 326 g/mol. The highest BCUT2D eigenvalue weighted by Gasteiger charge is 2.22. The first-order chi connectivity index (χ1) is 11.8. The number of phenols is 1. The van der Waals surface area contributed by atoms with Crippen LogP contribution in [0.2, 0.25) is 0 Å². The van der Waals surface area contributed by atoms with Crippen molar-refractivity contribution < 1.29 is 9.84 Å². The topological polar surface area (TPSA) is 85.1 Å². The third-order valence-corrected chi connectivity index (χ3v) is 4.50. The quantitative estimate of drug-likeness (QED) is 0.427. The van der Waals surface area contributed by atoms with E-state index in [2.05, 4.69) is 20.3 Å². The molecule has 2 aromatic heterocycles. The largest absolute Gasteiger partial charge is 0.506 e. The summed E-state index contributed by atoms with van der Waals surface area (Å²) in [7, 11) is 0. The van der Waals surface area contributed by atoms with Gasteiger partial charge in [-0.05, 0) is 31.2 Å². The molecule has 0 spiro atoms. The van der Waals surface area contributed by atoms with Gasteiger partial charge in [0.25, 0.3) is 0 Å². The van der Waals surface area contributed by atoms with Crippen molar-refractivity contribution in [2.45, 2.75) is 24.2 Å². The molecular formula is C16H17N5O2S. The maximum atomic E-state index is 9.99. The Kier molecular flexibility index (Phi) is 3.99. The molecule has 2 N–H and O–H groups in total. The summed E-state index contributed by atoms with van der Waals surface area (Å²) >= 11 is 1.46. The fourth-order valence-electron chi connectivity index (χ4n) is 2.77. The fourth-order valence-corrected chi connectivity index (χ4v) is 3.13. The predicted octanol–water partition coefficient (Wildman–Crippen LogP) is 3.31. The summed E-state index contributed by atoms with van der Waals surface area (Å²) in [5, 5.41) is 13.8. The zero-order valence-corrected chi connectivity index (χ0v) is 14.0. The predicted molar refractivity (Wildman–Crippen MR) is 92.7 cm³/mol. The molecule has 1 atom stereocenters. The number of nitrogens with one attached hydrogen (secondary N) is 1. The molecule has 124 valence electrons. The number of phenolic OH excluding ortho intramolecular Hbond substituents is 1. The van der Waals surface area contributed by atoms with Gasteiger partial charge in [-0.2, -0.15) is 0 Å². The van der Waals surface area contributed by atoms with Crippen LogP contribution in [0.25, 0.3) is 11.2 Å².